The minimum absolute atomic E-state index is 0.146. The monoisotopic (exact) mass is 408 g/mol. The van der Waals surface area contributed by atoms with Crippen LogP contribution in [0, 0.1) is 5.82 Å². The summed E-state index contributed by atoms with van der Waals surface area (Å²) in [6.45, 7) is 0.340. The number of halogens is 1. The highest BCUT2D eigenvalue weighted by Crippen LogP contribution is 2.19. The molecule has 0 saturated carbocycles. The summed E-state index contributed by atoms with van der Waals surface area (Å²) < 4.78 is 28.8. The van der Waals surface area contributed by atoms with E-state index in [0.29, 0.717) is 23.7 Å². The number of carbonyl (C=O) groups excluding carboxylic acids is 1. The lowest BCUT2D eigenvalue weighted by Gasteiger charge is -2.04. The summed E-state index contributed by atoms with van der Waals surface area (Å²) in [5, 5.41) is 10.4. The Bertz CT molecular complexity index is 1150. The van der Waals surface area contributed by atoms with Gasteiger partial charge >= 0.3 is 0 Å². The number of benzene rings is 2. The lowest BCUT2D eigenvalue weighted by molar-refractivity contribution is 0.0941. The van der Waals surface area contributed by atoms with E-state index < -0.39 is 5.82 Å². The molecule has 4 rings (SSSR count). The van der Waals surface area contributed by atoms with Gasteiger partial charge in [-0.2, -0.15) is 4.98 Å². The lowest BCUT2D eigenvalue weighted by atomic mass is 10.2. The van der Waals surface area contributed by atoms with E-state index in [2.05, 4.69) is 20.6 Å². The molecule has 1 amide bonds. The first-order chi connectivity index (χ1) is 14.6. The smallest absolute Gasteiger partial charge is 0.273 e. The van der Waals surface area contributed by atoms with Crippen LogP contribution < -0.4 is 10.1 Å². The molecule has 0 saturated heterocycles. The third-order valence-corrected chi connectivity index (χ3v) is 4.28. The molecule has 1 N–H and O–H groups in total. The molecule has 0 aliphatic heterocycles. The summed E-state index contributed by atoms with van der Waals surface area (Å²) in [5.41, 5.74) is 1.54. The van der Waals surface area contributed by atoms with Crippen LogP contribution in [0.15, 0.2) is 63.6 Å². The Morgan fingerprint density at radius 2 is 1.93 bits per heavy atom. The molecule has 0 aliphatic carbocycles. The summed E-state index contributed by atoms with van der Waals surface area (Å²) in [7, 11) is 1.59. The van der Waals surface area contributed by atoms with Gasteiger partial charge < -0.3 is 19.1 Å². The summed E-state index contributed by atoms with van der Waals surface area (Å²) in [4.78, 5) is 16.5. The molecule has 2 aromatic carbocycles. The largest absolute Gasteiger partial charge is 0.497 e. The Kier molecular flexibility index (Phi) is 5.51. The Balaban J connectivity index is 1.36. The molecule has 0 unspecified atom stereocenters. The Morgan fingerprint density at radius 1 is 1.10 bits per heavy atom. The second-order valence-corrected chi connectivity index (χ2v) is 6.41. The van der Waals surface area contributed by atoms with Gasteiger partial charge in [0.25, 0.3) is 11.8 Å². The molecule has 2 aromatic heterocycles. The molecule has 0 bridgehead atoms. The molecule has 0 radical (unpaired) electrons. The fourth-order valence-electron chi connectivity index (χ4n) is 2.74. The molecule has 2 heterocycles. The van der Waals surface area contributed by atoms with E-state index in [-0.39, 0.29) is 23.9 Å². The van der Waals surface area contributed by atoms with Crippen LogP contribution in [0.25, 0.3) is 11.5 Å². The predicted octanol–water partition coefficient (Wildman–Crippen LogP) is 3.39. The first kappa shape index (κ1) is 19.3. The predicted molar refractivity (Wildman–Crippen MR) is 103 cm³/mol. The minimum atomic E-state index is -0.396. The summed E-state index contributed by atoms with van der Waals surface area (Å²) in [6, 6.07) is 14.7. The fourth-order valence-corrected chi connectivity index (χ4v) is 2.74. The summed E-state index contributed by atoms with van der Waals surface area (Å²) in [6.07, 6.45) is 0.178. The van der Waals surface area contributed by atoms with Crippen molar-refractivity contribution in [1.29, 1.82) is 0 Å². The van der Waals surface area contributed by atoms with E-state index in [9.17, 15) is 9.18 Å². The van der Waals surface area contributed by atoms with E-state index in [0.717, 1.165) is 11.3 Å². The van der Waals surface area contributed by atoms with Crippen LogP contribution in [-0.4, -0.2) is 28.3 Å². The Labute approximate surface area is 170 Å². The molecule has 9 heteroatoms. The van der Waals surface area contributed by atoms with Gasteiger partial charge in [0, 0.05) is 18.2 Å². The number of nitrogens with one attached hydrogen (secondary N) is 1. The maximum absolute atomic E-state index is 13.3. The molecule has 0 atom stereocenters. The average molecular weight is 408 g/mol. The van der Waals surface area contributed by atoms with Crippen LogP contribution in [-0.2, 0) is 13.0 Å². The van der Waals surface area contributed by atoms with Crippen molar-refractivity contribution in [1.82, 2.24) is 20.6 Å². The standard InChI is InChI=1S/C21H17FN4O4/c1-28-16-7-5-13(6-8-16)12-23-20(27)18-10-17(29-25-18)11-19-24-21(30-26-19)14-3-2-4-15(22)9-14/h2-10H,11-12H2,1H3,(H,23,27). The summed E-state index contributed by atoms with van der Waals surface area (Å²) >= 11 is 0. The highest BCUT2D eigenvalue weighted by atomic mass is 19.1. The van der Waals surface area contributed by atoms with Crippen molar-refractivity contribution in [3.63, 3.8) is 0 Å². The second-order valence-electron chi connectivity index (χ2n) is 6.41. The molecular formula is C21H17FN4O4. The summed E-state index contributed by atoms with van der Waals surface area (Å²) in [5.74, 6) is 0.906. The van der Waals surface area contributed by atoms with Gasteiger partial charge in [-0.3, -0.25) is 4.79 Å². The normalized spacial score (nSPS) is 10.7. The molecule has 30 heavy (non-hydrogen) atoms. The molecule has 0 aliphatic rings. The zero-order chi connectivity index (χ0) is 20.9. The Morgan fingerprint density at radius 3 is 2.70 bits per heavy atom. The highest BCUT2D eigenvalue weighted by molar-refractivity contribution is 5.92. The molecule has 152 valence electrons. The first-order valence-electron chi connectivity index (χ1n) is 9.06. The van der Waals surface area contributed by atoms with Gasteiger partial charge in [-0.05, 0) is 35.9 Å². The average Bonchev–Trinajstić information content (AvgIpc) is 3.43. The van der Waals surface area contributed by atoms with Gasteiger partial charge in [0.05, 0.1) is 13.5 Å². The molecule has 8 nitrogen and oxygen atoms in total. The topological polar surface area (TPSA) is 103 Å². The van der Waals surface area contributed by atoms with Gasteiger partial charge in [0.15, 0.2) is 11.5 Å². The van der Waals surface area contributed by atoms with E-state index >= 15 is 0 Å². The van der Waals surface area contributed by atoms with Crippen molar-refractivity contribution >= 4 is 5.91 Å². The lowest BCUT2D eigenvalue weighted by Crippen LogP contribution is -2.23. The minimum Gasteiger partial charge on any atom is -0.497 e. The van der Waals surface area contributed by atoms with Crippen molar-refractivity contribution in [2.75, 3.05) is 7.11 Å². The van der Waals surface area contributed by atoms with Crippen LogP contribution in [0.5, 0.6) is 5.75 Å². The van der Waals surface area contributed by atoms with E-state index in [1.807, 2.05) is 24.3 Å². The SMILES string of the molecule is COc1ccc(CNC(=O)c2cc(Cc3noc(-c4cccc(F)c4)n3)on2)cc1. The zero-order valence-corrected chi connectivity index (χ0v) is 16.0. The number of methoxy groups -OCH3 is 1. The van der Waals surface area contributed by atoms with E-state index in [4.69, 9.17) is 13.8 Å². The van der Waals surface area contributed by atoms with Crippen molar-refractivity contribution in [2.45, 2.75) is 13.0 Å². The van der Waals surface area contributed by atoms with E-state index in [1.54, 1.807) is 19.2 Å². The quantitative estimate of drug-likeness (QED) is 0.500. The fraction of sp³-hybridized carbons (Fsp3) is 0.143. The Hall–Kier alpha value is -4.01. The van der Waals surface area contributed by atoms with Crippen LogP contribution >= 0.6 is 0 Å². The number of rotatable bonds is 7. The third kappa shape index (κ3) is 4.52. The van der Waals surface area contributed by atoms with Crippen molar-refractivity contribution in [2.24, 2.45) is 0 Å². The van der Waals surface area contributed by atoms with Crippen LogP contribution in [0.4, 0.5) is 4.39 Å². The van der Waals surface area contributed by atoms with Crippen molar-refractivity contribution in [3.8, 4) is 17.2 Å². The number of aromatic nitrogens is 3. The number of nitrogens with zero attached hydrogens (tertiary/aromatic N) is 3. The highest BCUT2D eigenvalue weighted by Gasteiger charge is 2.16. The molecule has 4 aromatic rings. The maximum Gasteiger partial charge on any atom is 0.273 e. The maximum atomic E-state index is 13.3. The van der Waals surface area contributed by atoms with Gasteiger partial charge in [-0.1, -0.05) is 28.5 Å². The number of carbonyl (C=O) groups is 1. The molecular weight excluding hydrogens is 391 g/mol. The molecule has 0 fully saturated rings. The third-order valence-electron chi connectivity index (χ3n) is 4.28. The van der Waals surface area contributed by atoms with E-state index in [1.165, 1.54) is 18.2 Å². The van der Waals surface area contributed by atoms with Gasteiger partial charge in [-0.25, -0.2) is 4.39 Å². The van der Waals surface area contributed by atoms with Gasteiger partial charge in [-0.15, -0.1) is 0 Å². The number of amides is 1. The first-order valence-corrected chi connectivity index (χ1v) is 9.06. The number of ether oxygens (including phenoxy) is 1. The van der Waals surface area contributed by atoms with Gasteiger partial charge in [0.2, 0.25) is 0 Å². The molecule has 0 spiro atoms. The van der Waals surface area contributed by atoms with Gasteiger partial charge in [0.1, 0.15) is 17.3 Å². The van der Waals surface area contributed by atoms with Crippen molar-refractivity contribution < 1.29 is 23.0 Å². The number of hydrogen-bond acceptors (Lipinski definition) is 7. The van der Waals surface area contributed by atoms with Crippen LogP contribution in [0.2, 0.25) is 0 Å². The second kappa shape index (κ2) is 8.56. The number of hydrogen-bond donors (Lipinski definition) is 1. The van der Waals surface area contributed by atoms with Crippen LogP contribution in [0.1, 0.15) is 27.6 Å². The van der Waals surface area contributed by atoms with Crippen molar-refractivity contribution in [3.05, 3.63) is 83.3 Å². The van der Waals surface area contributed by atoms with Crippen LogP contribution in [0.3, 0.4) is 0 Å². The zero-order valence-electron chi connectivity index (χ0n) is 16.0.